The zero-order chi connectivity index (χ0) is 24.2. The summed E-state index contributed by atoms with van der Waals surface area (Å²) in [4.78, 5) is 18.5. The van der Waals surface area contributed by atoms with Gasteiger partial charge in [-0.2, -0.15) is 0 Å². The van der Waals surface area contributed by atoms with Gasteiger partial charge in [0.2, 0.25) is 0 Å². The molecule has 6 heteroatoms. The molecule has 1 N–H and O–H groups in total. The zero-order valence-electron chi connectivity index (χ0n) is 19.7. The van der Waals surface area contributed by atoms with Crippen molar-refractivity contribution in [3.05, 3.63) is 87.8 Å². The molecule has 3 aromatic carbocycles. The van der Waals surface area contributed by atoms with E-state index in [0.29, 0.717) is 11.5 Å². The van der Waals surface area contributed by atoms with E-state index in [4.69, 9.17) is 21.3 Å². The van der Waals surface area contributed by atoms with E-state index in [1.165, 1.54) is 12.0 Å². The van der Waals surface area contributed by atoms with Gasteiger partial charge >= 0.3 is 5.97 Å². The van der Waals surface area contributed by atoms with E-state index in [1.54, 1.807) is 17.4 Å². The van der Waals surface area contributed by atoms with E-state index in [2.05, 4.69) is 25.2 Å². The van der Waals surface area contributed by atoms with E-state index in [9.17, 15) is 4.79 Å². The number of benzene rings is 3. The van der Waals surface area contributed by atoms with Gasteiger partial charge in [0.25, 0.3) is 0 Å². The third-order valence-electron chi connectivity index (χ3n) is 5.43. The molecule has 0 saturated carbocycles. The highest BCUT2D eigenvalue weighted by Gasteiger charge is 2.17. The number of aryl methyl sites for hydroxylation is 1. The number of aromatic nitrogens is 1. The molecule has 4 rings (SSSR count). The summed E-state index contributed by atoms with van der Waals surface area (Å²) in [5.41, 5.74) is 6.26. The minimum Gasteiger partial charge on any atom is -0.465 e. The highest BCUT2D eigenvalue weighted by molar-refractivity contribution is 7.16. The number of ether oxygens (including phenoxy) is 1. The highest BCUT2D eigenvalue weighted by Crippen LogP contribution is 2.36. The molecule has 0 atom stereocenters. The van der Waals surface area contributed by atoms with Crippen LogP contribution in [0.1, 0.15) is 34.6 Å². The lowest BCUT2D eigenvalue weighted by atomic mass is 10.0. The van der Waals surface area contributed by atoms with Crippen LogP contribution in [-0.4, -0.2) is 18.1 Å². The maximum absolute atomic E-state index is 12.4. The fraction of sp³-hybridized carbons (Fsp3) is 0.214. The van der Waals surface area contributed by atoms with Crippen LogP contribution in [0.4, 0.5) is 10.8 Å². The van der Waals surface area contributed by atoms with Gasteiger partial charge in [-0.05, 0) is 66.3 Å². The largest absolute Gasteiger partial charge is 0.465 e. The number of thiazole rings is 1. The van der Waals surface area contributed by atoms with Crippen molar-refractivity contribution < 1.29 is 9.53 Å². The minimum atomic E-state index is -0.377. The van der Waals surface area contributed by atoms with Crippen molar-refractivity contribution >= 4 is 39.7 Å². The number of hydrogen-bond donors (Lipinski definition) is 1. The monoisotopic (exact) mass is 490 g/mol. The van der Waals surface area contributed by atoms with Gasteiger partial charge < -0.3 is 10.1 Å². The second kappa shape index (κ2) is 10.4. The fourth-order valence-corrected chi connectivity index (χ4v) is 5.12. The van der Waals surface area contributed by atoms with Crippen molar-refractivity contribution in [2.45, 2.75) is 27.2 Å². The molecular formula is C28H27ClN2O2S. The molecule has 0 saturated heterocycles. The predicted octanol–water partition coefficient (Wildman–Crippen LogP) is 8.17. The Bertz CT molecular complexity index is 1320. The molecule has 0 aliphatic carbocycles. The lowest BCUT2D eigenvalue weighted by molar-refractivity contribution is 0.0601. The topological polar surface area (TPSA) is 51.2 Å². The van der Waals surface area contributed by atoms with Crippen molar-refractivity contribution in [3.63, 3.8) is 0 Å². The Morgan fingerprint density at radius 3 is 2.47 bits per heavy atom. The van der Waals surface area contributed by atoms with Gasteiger partial charge in [0.05, 0.1) is 18.4 Å². The first kappa shape index (κ1) is 24.0. The SMILES string of the molecule is COC(=O)c1cc(Nc2nc(-c3ccc(Cl)c(C)c3)c(CC(C)C)s2)cc(-c2ccccc2)c1. The molecule has 0 amide bonds. The standard InChI is InChI=1S/C28H27ClN2O2S/c1-17(2)12-25-26(20-10-11-24(29)18(3)13-20)31-28(34-25)30-23-15-21(19-8-6-5-7-9-19)14-22(16-23)27(32)33-4/h5-11,13-17H,12H2,1-4H3,(H,30,31). The first-order valence-electron chi connectivity index (χ1n) is 11.2. The van der Waals surface area contributed by atoms with Gasteiger partial charge in [-0.25, -0.2) is 9.78 Å². The molecule has 0 spiro atoms. The molecule has 0 bridgehead atoms. The van der Waals surface area contributed by atoms with Gasteiger partial charge in [0, 0.05) is 21.2 Å². The summed E-state index contributed by atoms with van der Waals surface area (Å²) in [5.74, 6) is 0.116. The van der Waals surface area contributed by atoms with Crippen LogP contribution in [-0.2, 0) is 11.2 Å². The Morgan fingerprint density at radius 2 is 1.79 bits per heavy atom. The van der Waals surface area contributed by atoms with Crippen LogP contribution < -0.4 is 5.32 Å². The quantitative estimate of drug-likeness (QED) is 0.265. The molecule has 0 aliphatic rings. The molecule has 1 aromatic heterocycles. The molecule has 34 heavy (non-hydrogen) atoms. The lowest BCUT2D eigenvalue weighted by Gasteiger charge is -2.10. The highest BCUT2D eigenvalue weighted by atomic mass is 35.5. The van der Waals surface area contributed by atoms with Crippen LogP contribution in [0.15, 0.2) is 66.7 Å². The molecule has 0 radical (unpaired) electrons. The molecular weight excluding hydrogens is 464 g/mol. The average Bonchev–Trinajstić information content (AvgIpc) is 3.21. The third kappa shape index (κ3) is 5.49. The Hall–Kier alpha value is -3.15. The van der Waals surface area contributed by atoms with Gasteiger partial charge in [-0.15, -0.1) is 11.3 Å². The summed E-state index contributed by atoms with van der Waals surface area (Å²) < 4.78 is 4.99. The molecule has 174 valence electrons. The molecule has 0 fully saturated rings. The van der Waals surface area contributed by atoms with Crippen LogP contribution in [0.2, 0.25) is 5.02 Å². The van der Waals surface area contributed by atoms with Crippen molar-refractivity contribution in [1.82, 2.24) is 4.98 Å². The second-order valence-corrected chi connectivity index (χ2v) is 10.1. The fourth-order valence-electron chi connectivity index (χ4n) is 3.79. The van der Waals surface area contributed by atoms with Crippen LogP contribution in [0.5, 0.6) is 0 Å². The van der Waals surface area contributed by atoms with Crippen molar-refractivity contribution in [3.8, 4) is 22.4 Å². The number of carbonyl (C=O) groups is 1. The zero-order valence-corrected chi connectivity index (χ0v) is 21.3. The van der Waals surface area contributed by atoms with Crippen LogP contribution in [0.3, 0.4) is 0 Å². The molecule has 4 nitrogen and oxygen atoms in total. The van der Waals surface area contributed by atoms with E-state index >= 15 is 0 Å². The number of halogens is 1. The van der Waals surface area contributed by atoms with Crippen molar-refractivity contribution in [1.29, 1.82) is 0 Å². The van der Waals surface area contributed by atoms with Crippen molar-refractivity contribution in [2.75, 3.05) is 12.4 Å². The maximum Gasteiger partial charge on any atom is 0.337 e. The summed E-state index contributed by atoms with van der Waals surface area (Å²) in [6, 6.07) is 21.7. The number of anilines is 2. The number of rotatable bonds is 7. The number of hydrogen-bond acceptors (Lipinski definition) is 5. The van der Waals surface area contributed by atoms with E-state index in [0.717, 1.165) is 50.2 Å². The summed E-state index contributed by atoms with van der Waals surface area (Å²) in [6.45, 7) is 6.41. The first-order valence-corrected chi connectivity index (χ1v) is 12.4. The third-order valence-corrected chi connectivity index (χ3v) is 6.85. The summed E-state index contributed by atoms with van der Waals surface area (Å²) in [6.07, 6.45) is 0.924. The number of nitrogens with one attached hydrogen (secondary N) is 1. The maximum atomic E-state index is 12.4. The number of nitrogens with zero attached hydrogens (tertiary/aromatic N) is 1. The molecule has 0 unspecified atom stereocenters. The van der Waals surface area contributed by atoms with Gasteiger partial charge in [-0.1, -0.05) is 61.8 Å². The first-order chi connectivity index (χ1) is 16.3. The van der Waals surface area contributed by atoms with Crippen LogP contribution in [0.25, 0.3) is 22.4 Å². The van der Waals surface area contributed by atoms with Crippen LogP contribution >= 0.6 is 22.9 Å². The molecule has 0 aliphatic heterocycles. The smallest absolute Gasteiger partial charge is 0.337 e. The molecule has 4 aromatic rings. The number of esters is 1. The minimum absolute atomic E-state index is 0.377. The second-order valence-electron chi connectivity index (χ2n) is 8.63. The lowest BCUT2D eigenvalue weighted by Crippen LogP contribution is -2.03. The van der Waals surface area contributed by atoms with E-state index in [-0.39, 0.29) is 5.97 Å². The van der Waals surface area contributed by atoms with Gasteiger partial charge in [-0.3, -0.25) is 0 Å². The predicted molar refractivity (Wildman–Crippen MR) is 142 cm³/mol. The number of carbonyl (C=O) groups excluding carboxylic acids is 1. The Labute approximate surface area is 209 Å². The number of methoxy groups -OCH3 is 1. The van der Waals surface area contributed by atoms with Crippen LogP contribution in [0, 0.1) is 12.8 Å². The average molecular weight is 491 g/mol. The Morgan fingerprint density at radius 1 is 1.03 bits per heavy atom. The normalized spacial score (nSPS) is 11.0. The molecule has 1 heterocycles. The Balaban J connectivity index is 1.75. The Kier molecular flexibility index (Phi) is 7.35. The van der Waals surface area contributed by atoms with E-state index < -0.39 is 0 Å². The van der Waals surface area contributed by atoms with Gasteiger partial charge in [0.15, 0.2) is 5.13 Å². The van der Waals surface area contributed by atoms with Crippen molar-refractivity contribution in [2.24, 2.45) is 5.92 Å². The summed E-state index contributed by atoms with van der Waals surface area (Å²) in [5, 5.41) is 4.96. The summed E-state index contributed by atoms with van der Waals surface area (Å²) >= 11 is 7.89. The van der Waals surface area contributed by atoms with E-state index in [1.807, 2.05) is 61.5 Å². The van der Waals surface area contributed by atoms with Gasteiger partial charge in [0.1, 0.15) is 0 Å². The summed E-state index contributed by atoms with van der Waals surface area (Å²) in [7, 11) is 1.39.